The van der Waals surface area contributed by atoms with Gasteiger partial charge in [0.25, 0.3) is 5.79 Å². The van der Waals surface area contributed by atoms with E-state index in [9.17, 15) is 4.79 Å². The summed E-state index contributed by atoms with van der Waals surface area (Å²) in [5, 5.41) is 3.46. The first-order valence-corrected chi connectivity index (χ1v) is 9.09. The Kier molecular flexibility index (Phi) is 4.41. The molecule has 26 heavy (non-hydrogen) atoms. The highest BCUT2D eigenvalue weighted by atomic mass is 35.5. The predicted octanol–water partition coefficient (Wildman–Crippen LogP) is 4.57. The molecule has 0 bridgehead atoms. The van der Waals surface area contributed by atoms with Gasteiger partial charge < -0.3 is 19.5 Å². The molecule has 136 valence electrons. The highest BCUT2D eigenvalue weighted by molar-refractivity contribution is 6.30. The van der Waals surface area contributed by atoms with Crippen LogP contribution in [-0.4, -0.2) is 18.8 Å². The number of benzene rings is 2. The molecule has 1 spiro atoms. The summed E-state index contributed by atoms with van der Waals surface area (Å²) in [6.45, 7) is 0. The van der Waals surface area contributed by atoms with E-state index in [1.54, 1.807) is 25.3 Å². The van der Waals surface area contributed by atoms with Crippen molar-refractivity contribution in [3.63, 3.8) is 0 Å². The van der Waals surface area contributed by atoms with Crippen LogP contribution in [0.25, 0.3) is 0 Å². The normalized spacial score (nSPS) is 16.7. The lowest BCUT2D eigenvalue weighted by Gasteiger charge is -2.21. The molecule has 0 atom stereocenters. The van der Waals surface area contributed by atoms with Crippen molar-refractivity contribution in [3.05, 3.63) is 47.0 Å². The van der Waals surface area contributed by atoms with Gasteiger partial charge in [-0.1, -0.05) is 11.6 Å². The van der Waals surface area contributed by atoms with E-state index in [1.807, 2.05) is 18.2 Å². The van der Waals surface area contributed by atoms with Gasteiger partial charge in [0.2, 0.25) is 5.91 Å². The number of nitrogens with one attached hydrogen (secondary N) is 1. The topological polar surface area (TPSA) is 56.8 Å². The minimum absolute atomic E-state index is 0.153. The number of methoxy groups -OCH3 is 1. The second-order valence-electron chi connectivity index (χ2n) is 6.66. The lowest BCUT2D eigenvalue weighted by molar-refractivity contribution is -0.115. The number of hydrogen-bond donors (Lipinski definition) is 1. The first-order valence-electron chi connectivity index (χ1n) is 8.71. The van der Waals surface area contributed by atoms with Gasteiger partial charge in [0, 0.05) is 35.2 Å². The molecule has 1 aliphatic carbocycles. The van der Waals surface area contributed by atoms with Crippen molar-refractivity contribution in [2.24, 2.45) is 0 Å². The number of amides is 1. The summed E-state index contributed by atoms with van der Waals surface area (Å²) in [6, 6.07) is 10.7. The predicted molar refractivity (Wildman–Crippen MR) is 99.2 cm³/mol. The Balaban J connectivity index is 1.46. The number of anilines is 1. The number of halogens is 1. The Hall–Kier alpha value is -2.40. The molecular formula is C20H20ClNO4. The van der Waals surface area contributed by atoms with E-state index in [4.69, 9.17) is 25.8 Å². The van der Waals surface area contributed by atoms with Gasteiger partial charge in [0.05, 0.1) is 13.5 Å². The SMILES string of the molecule is COc1ccc(Cl)cc1CC(=O)Nc1ccc2c(c1)OC1(CCCC1)O2. The summed E-state index contributed by atoms with van der Waals surface area (Å²) < 4.78 is 17.3. The molecule has 1 fully saturated rings. The quantitative estimate of drug-likeness (QED) is 0.852. The monoisotopic (exact) mass is 373 g/mol. The van der Waals surface area contributed by atoms with Crippen LogP contribution in [0.15, 0.2) is 36.4 Å². The van der Waals surface area contributed by atoms with Gasteiger partial charge in [-0.05, 0) is 43.2 Å². The maximum absolute atomic E-state index is 12.4. The van der Waals surface area contributed by atoms with Crippen LogP contribution in [0.1, 0.15) is 31.2 Å². The standard InChI is InChI=1S/C20H20ClNO4/c1-24-16-6-4-14(21)10-13(16)11-19(23)22-15-5-7-17-18(12-15)26-20(25-17)8-2-3-9-20/h4-7,10,12H,2-3,8-9,11H2,1H3,(H,22,23). The van der Waals surface area contributed by atoms with Crippen LogP contribution >= 0.6 is 11.6 Å². The fraction of sp³-hybridized carbons (Fsp3) is 0.350. The van der Waals surface area contributed by atoms with Crippen LogP contribution in [0.5, 0.6) is 17.2 Å². The summed E-state index contributed by atoms with van der Waals surface area (Å²) in [4.78, 5) is 12.4. The van der Waals surface area contributed by atoms with Gasteiger partial charge in [-0.3, -0.25) is 4.79 Å². The van der Waals surface area contributed by atoms with Crippen molar-refractivity contribution in [3.8, 4) is 17.2 Å². The maximum Gasteiger partial charge on any atom is 0.251 e. The summed E-state index contributed by atoms with van der Waals surface area (Å²) in [7, 11) is 1.57. The van der Waals surface area contributed by atoms with Crippen LogP contribution in [0, 0.1) is 0 Å². The molecule has 1 amide bonds. The summed E-state index contributed by atoms with van der Waals surface area (Å²) in [5.74, 6) is 1.41. The van der Waals surface area contributed by atoms with Gasteiger partial charge in [-0.15, -0.1) is 0 Å². The Morgan fingerprint density at radius 1 is 1.15 bits per heavy atom. The van der Waals surface area contributed by atoms with Gasteiger partial charge in [0.1, 0.15) is 5.75 Å². The lowest BCUT2D eigenvalue weighted by Crippen LogP contribution is -2.34. The van der Waals surface area contributed by atoms with Gasteiger partial charge >= 0.3 is 0 Å². The molecule has 1 heterocycles. The molecule has 6 heteroatoms. The van der Waals surface area contributed by atoms with E-state index < -0.39 is 5.79 Å². The van der Waals surface area contributed by atoms with E-state index in [2.05, 4.69) is 5.32 Å². The molecule has 1 aliphatic heterocycles. The Morgan fingerprint density at radius 3 is 2.69 bits per heavy atom. The Labute approximate surface area is 157 Å². The second kappa shape index (κ2) is 6.72. The smallest absolute Gasteiger partial charge is 0.251 e. The van der Waals surface area contributed by atoms with Crippen LogP contribution in [0.2, 0.25) is 5.02 Å². The fourth-order valence-corrected chi connectivity index (χ4v) is 3.75. The molecule has 2 aromatic rings. The molecule has 5 nitrogen and oxygen atoms in total. The maximum atomic E-state index is 12.4. The number of carbonyl (C=O) groups is 1. The van der Waals surface area contributed by atoms with E-state index in [1.165, 1.54) is 0 Å². The van der Waals surface area contributed by atoms with Crippen molar-refractivity contribution in [1.82, 2.24) is 0 Å². The summed E-state index contributed by atoms with van der Waals surface area (Å²) >= 11 is 6.02. The first-order chi connectivity index (χ1) is 12.6. The Bertz CT molecular complexity index is 846. The molecular weight excluding hydrogens is 354 g/mol. The zero-order valence-electron chi connectivity index (χ0n) is 14.5. The Morgan fingerprint density at radius 2 is 1.92 bits per heavy atom. The second-order valence-corrected chi connectivity index (χ2v) is 7.10. The van der Waals surface area contributed by atoms with Gasteiger partial charge in [-0.25, -0.2) is 0 Å². The third-order valence-corrected chi connectivity index (χ3v) is 5.01. The van der Waals surface area contributed by atoms with Crippen molar-refractivity contribution >= 4 is 23.2 Å². The van der Waals surface area contributed by atoms with Crippen molar-refractivity contribution in [2.45, 2.75) is 37.9 Å². The van der Waals surface area contributed by atoms with Crippen molar-refractivity contribution in [2.75, 3.05) is 12.4 Å². The number of carbonyl (C=O) groups excluding carboxylic acids is 1. The summed E-state index contributed by atoms with van der Waals surface area (Å²) in [6.07, 6.45) is 4.19. The average molecular weight is 374 g/mol. The van der Waals surface area contributed by atoms with Gasteiger partial charge in [-0.2, -0.15) is 0 Å². The first kappa shape index (κ1) is 17.0. The number of rotatable bonds is 4. The zero-order valence-corrected chi connectivity index (χ0v) is 15.3. The van der Waals surface area contributed by atoms with E-state index in [0.717, 1.165) is 37.0 Å². The van der Waals surface area contributed by atoms with E-state index in [0.29, 0.717) is 22.2 Å². The fourth-order valence-electron chi connectivity index (χ4n) is 3.55. The average Bonchev–Trinajstić information content (AvgIpc) is 3.20. The number of ether oxygens (including phenoxy) is 3. The van der Waals surface area contributed by atoms with Gasteiger partial charge in [0.15, 0.2) is 11.5 Å². The van der Waals surface area contributed by atoms with E-state index in [-0.39, 0.29) is 12.3 Å². The van der Waals surface area contributed by atoms with Crippen LogP contribution in [0.4, 0.5) is 5.69 Å². The van der Waals surface area contributed by atoms with Crippen LogP contribution in [0.3, 0.4) is 0 Å². The van der Waals surface area contributed by atoms with Crippen molar-refractivity contribution in [1.29, 1.82) is 0 Å². The third kappa shape index (κ3) is 3.31. The molecule has 1 saturated carbocycles. The molecule has 0 unspecified atom stereocenters. The molecule has 1 N–H and O–H groups in total. The number of hydrogen-bond acceptors (Lipinski definition) is 4. The lowest BCUT2D eigenvalue weighted by atomic mass is 10.1. The molecule has 4 rings (SSSR count). The highest BCUT2D eigenvalue weighted by Gasteiger charge is 2.44. The molecule has 0 aromatic heterocycles. The largest absolute Gasteiger partial charge is 0.496 e. The summed E-state index contributed by atoms with van der Waals surface area (Å²) in [5.41, 5.74) is 1.41. The number of fused-ring (bicyclic) bond motifs is 1. The zero-order chi connectivity index (χ0) is 18.1. The van der Waals surface area contributed by atoms with E-state index >= 15 is 0 Å². The molecule has 0 radical (unpaired) electrons. The van der Waals surface area contributed by atoms with Crippen LogP contribution in [-0.2, 0) is 11.2 Å². The highest BCUT2D eigenvalue weighted by Crippen LogP contribution is 2.47. The molecule has 0 saturated heterocycles. The minimum Gasteiger partial charge on any atom is -0.496 e. The van der Waals surface area contributed by atoms with Crippen LogP contribution < -0.4 is 19.5 Å². The van der Waals surface area contributed by atoms with Crippen molar-refractivity contribution < 1.29 is 19.0 Å². The minimum atomic E-state index is -0.501. The molecule has 2 aromatic carbocycles. The molecule has 2 aliphatic rings. The third-order valence-electron chi connectivity index (χ3n) is 4.78.